The molecule has 0 radical (unpaired) electrons. The molecule has 1 aliphatic heterocycles. The van der Waals surface area contributed by atoms with Gasteiger partial charge in [-0.2, -0.15) is 0 Å². The minimum absolute atomic E-state index is 0.0340. The molecule has 1 saturated heterocycles. The molecule has 146 valence electrons. The van der Waals surface area contributed by atoms with Gasteiger partial charge in [0.25, 0.3) is 0 Å². The molecule has 1 aromatic carbocycles. The maximum absolute atomic E-state index is 5.57. The van der Waals surface area contributed by atoms with Gasteiger partial charge < -0.3 is 19.5 Å². The Bertz CT molecular complexity index is 718. The predicted octanol–water partition coefficient (Wildman–Crippen LogP) is 2.66. The topological polar surface area (TPSA) is 55.9 Å². The number of rotatable bonds is 7. The third-order valence-corrected chi connectivity index (χ3v) is 5.06. The maximum atomic E-state index is 5.57. The standard InChI is InChI=1S/C21H29N3O3/c1-5-15-6-7-17(23-14-15)20(24-10-8-22-9-11-24)16-12-18(25-2)21(27-4)19(13-16)26-3/h6-7,12-14,20,22H,5,8-11H2,1-4H3. The number of aromatic nitrogens is 1. The number of aryl methyl sites for hydroxylation is 1. The Morgan fingerprint density at radius 2 is 1.70 bits per heavy atom. The molecule has 0 bridgehead atoms. The van der Waals surface area contributed by atoms with E-state index in [1.54, 1.807) is 21.3 Å². The van der Waals surface area contributed by atoms with Crippen LogP contribution in [-0.4, -0.2) is 57.4 Å². The molecule has 3 rings (SSSR count). The summed E-state index contributed by atoms with van der Waals surface area (Å²) in [7, 11) is 4.92. The van der Waals surface area contributed by atoms with E-state index in [4.69, 9.17) is 19.2 Å². The van der Waals surface area contributed by atoms with E-state index in [1.807, 2.05) is 18.3 Å². The lowest BCUT2D eigenvalue weighted by Gasteiger charge is -2.35. The molecule has 1 aliphatic rings. The van der Waals surface area contributed by atoms with E-state index in [0.29, 0.717) is 17.2 Å². The lowest BCUT2D eigenvalue weighted by atomic mass is 9.98. The van der Waals surface area contributed by atoms with Crippen LogP contribution in [0.1, 0.15) is 29.8 Å². The summed E-state index contributed by atoms with van der Waals surface area (Å²) in [5, 5.41) is 3.42. The predicted molar refractivity (Wildman–Crippen MR) is 106 cm³/mol. The van der Waals surface area contributed by atoms with Crippen molar-refractivity contribution in [3.8, 4) is 17.2 Å². The second-order valence-corrected chi connectivity index (χ2v) is 6.59. The maximum Gasteiger partial charge on any atom is 0.203 e. The minimum atomic E-state index is 0.0340. The van der Waals surface area contributed by atoms with Crippen LogP contribution < -0.4 is 19.5 Å². The summed E-state index contributed by atoms with van der Waals surface area (Å²) in [5.41, 5.74) is 3.36. The quantitative estimate of drug-likeness (QED) is 0.808. The fourth-order valence-corrected chi connectivity index (χ4v) is 3.58. The fourth-order valence-electron chi connectivity index (χ4n) is 3.58. The number of ether oxygens (including phenoxy) is 3. The van der Waals surface area contributed by atoms with Gasteiger partial charge in [-0.1, -0.05) is 13.0 Å². The summed E-state index contributed by atoms with van der Waals surface area (Å²) in [6.07, 6.45) is 2.96. The molecule has 1 atom stereocenters. The zero-order valence-electron chi connectivity index (χ0n) is 16.6. The molecular weight excluding hydrogens is 342 g/mol. The van der Waals surface area contributed by atoms with Crippen molar-refractivity contribution in [2.24, 2.45) is 0 Å². The van der Waals surface area contributed by atoms with Crippen LogP contribution in [-0.2, 0) is 6.42 Å². The first-order valence-corrected chi connectivity index (χ1v) is 9.41. The van der Waals surface area contributed by atoms with Crippen molar-refractivity contribution in [3.05, 3.63) is 47.3 Å². The van der Waals surface area contributed by atoms with Crippen LogP contribution in [0.5, 0.6) is 17.2 Å². The Morgan fingerprint density at radius 1 is 1.04 bits per heavy atom. The molecule has 0 aliphatic carbocycles. The summed E-state index contributed by atoms with van der Waals surface area (Å²) in [6.45, 7) is 5.99. The van der Waals surface area contributed by atoms with E-state index >= 15 is 0 Å². The molecule has 0 spiro atoms. The number of hydrogen-bond acceptors (Lipinski definition) is 6. The highest BCUT2D eigenvalue weighted by Crippen LogP contribution is 2.42. The molecule has 27 heavy (non-hydrogen) atoms. The smallest absolute Gasteiger partial charge is 0.203 e. The van der Waals surface area contributed by atoms with E-state index in [-0.39, 0.29) is 6.04 Å². The number of benzene rings is 1. The molecule has 1 fully saturated rings. The van der Waals surface area contributed by atoms with Crippen LogP contribution in [0.3, 0.4) is 0 Å². The van der Waals surface area contributed by atoms with Crippen molar-refractivity contribution in [2.75, 3.05) is 47.5 Å². The number of pyridine rings is 1. The molecule has 2 heterocycles. The van der Waals surface area contributed by atoms with Gasteiger partial charge in [0.15, 0.2) is 11.5 Å². The summed E-state index contributed by atoms with van der Waals surface area (Å²) in [5.74, 6) is 1.94. The summed E-state index contributed by atoms with van der Waals surface area (Å²) in [4.78, 5) is 7.23. The minimum Gasteiger partial charge on any atom is -0.493 e. The van der Waals surface area contributed by atoms with Gasteiger partial charge in [0.1, 0.15) is 0 Å². The summed E-state index contributed by atoms with van der Waals surface area (Å²) >= 11 is 0. The number of hydrogen-bond donors (Lipinski definition) is 1. The molecule has 6 nitrogen and oxygen atoms in total. The van der Waals surface area contributed by atoms with Crippen LogP contribution in [0, 0.1) is 0 Å². The Hall–Kier alpha value is -2.31. The molecule has 6 heteroatoms. The zero-order chi connectivity index (χ0) is 19.2. The van der Waals surface area contributed by atoms with Gasteiger partial charge >= 0.3 is 0 Å². The van der Waals surface area contributed by atoms with Gasteiger partial charge in [-0.05, 0) is 35.7 Å². The highest BCUT2D eigenvalue weighted by atomic mass is 16.5. The van der Waals surface area contributed by atoms with Gasteiger partial charge in [-0.3, -0.25) is 9.88 Å². The Balaban J connectivity index is 2.08. The molecule has 1 N–H and O–H groups in total. The Labute approximate surface area is 161 Å². The lowest BCUT2D eigenvalue weighted by molar-refractivity contribution is 0.194. The lowest BCUT2D eigenvalue weighted by Crippen LogP contribution is -2.45. The van der Waals surface area contributed by atoms with E-state index < -0.39 is 0 Å². The van der Waals surface area contributed by atoms with Gasteiger partial charge in [0.2, 0.25) is 5.75 Å². The Morgan fingerprint density at radius 3 is 2.19 bits per heavy atom. The third kappa shape index (κ3) is 4.17. The van der Waals surface area contributed by atoms with Crippen LogP contribution in [0.4, 0.5) is 0 Å². The van der Waals surface area contributed by atoms with Crippen molar-refractivity contribution in [2.45, 2.75) is 19.4 Å². The molecular formula is C21H29N3O3. The summed E-state index contributed by atoms with van der Waals surface area (Å²) in [6, 6.07) is 8.39. The molecule has 0 amide bonds. The van der Waals surface area contributed by atoms with Crippen molar-refractivity contribution in [3.63, 3.8) is 0 Å². The molecule has 0 saturated carbocycles. The first-order valence-electron chi connectivity index (χ1n) is 9.41. The SMILES string of the molecule is CCc1ccc(C(c2cc(OC)c(OC)c(OC)c2)N2CCNCC2)nc1. The molecule has 2 aromatic rings. The molecule has 1 aromatic heterocycles. The van der Waals surface area contributed by atoms with Crippen molar-refractivity contribution >= 4 is 0 Å². The monoisotopic (exact) mass is 371 g/mol. The number of nitrogens with one attached hydrogen (secondary N) is 1. The average Bonchev–Trinajstić information content (AvgIpc) is 2.74. The van der Waals surface area contributed by atoms with E-state index in [1.165, 1.54) is 5.56 Å². The van der Waals surface area contributed by atoms with Crippen molar-refractivity contribution in [1.82, 2.24) is 15.2 Å². The van der Waals surface area contributed by atoms with Gasteiger partial charge in [0.05, 0.1) is 33.1 Å². The van der Waals surface area contributed by atoms with Crippen LogP contribution in [0.25, 0.3) is 0 Å². The normalized spacial score (nSPS) is 16.0. The van der Waals surface area contributed by atoms with Crippen LogP contribution >= 0.6 is 0 Å². The summed E-state index contributed by atoms with van der Waals surface area (Å²) < 4.78 is 16.6. The second kappa shape index (κ2) is 9.06. The van der Waals surface area contributed by atoms with Crippen molar-refractivity contribution < 1.29 is 14.2 Å². The first-order chi connectivity index (χ1) is 13.2. The van der Waals surface area contributed by atoms with Crippen molar-refractivity contribution in [1.29, 1.82) is 0 Å². The number of nitrogens with zero attached hydrogens (tertiary/aromatic N) is 2. The molecule has 1 unspecified atom stereocenters. The largest absolute Gasteiger partial charge is 0.493 e. The van der Waals surface area contributed by atoms with Crippen LogP contribution in [0.15, 0.2) is 30.5 Å². The Kier molecular flexibility index (Phi) is 6.53. The highest BCUT2D eigenvalue weighted by Gasteiger charge is 2.27. The van der Waals surface area contributed by atoms with Crippen LogP contribution in [0.2, 0.25) is 0 Å². The highest BCUT2D eigenvalue weighted by molar-refractivity contribution is 5.55. The first kappa shape index (κ1) is 19.5. The van der Waals surface area contributed by atoms with E-state index in [0.717, 1.165) is 43.9 Å². The number of methoxy groups -OCH3 is 3. The third-order valence-electron chi connectivity index (χ3n) is 5.06. The average molecular weight is 371 g/mol. The number of piperazine rings is 1. The van der Waals surface area contributed by atoms with E-state index in [9.17, 15) is 0 Å². The fraction of sp³-hybridized carbons (Fsp3) is 0.476. The van der Waals surface area contributed by atoms with Gasteiger partial charge in [-0.15, -0.1) is 0 Å². The van der Waals surface area contributed by atoms with E-state index in [2.05, 4.69) is 29.3 Å². The van der Waals surface area contributed by atoms with Gasteiger partial charge in [0, 0.05) is 32.4 Å². The zero-order valence-corrected chi connectivity index (χ0v) is 16.6. The van der Waals surface area contributed by atoms with Gasteiger partial charge in [-0.25, -0.2) is 0 Å². The second-order valence-electron chi connectivity index (χ2n) is 6.59.